The number of hydrogen-bond donors (Lipinski definition) is 2. The Morgan fingerprint density at radius 3 is 2.54 bits per heavy atom. The molecule has 0 bridgehead atoms. The Labute approximate surface area is 151 Å². The van der Waals surface area contributed by atoms with Crippen molar-refractivity contribution < 1.29 is 9.18 Å². The molecule has 0 unspecified atom stereocenters. The van der Waals surface area contributed by atoms with Crippen LogP contribution in [0.5, 0.6) is 0 Å². The predicted molar refractivity (Wildman–Crippen MR) is 99.8 cm³/mol. The fraction of sp³-hybridized carbons (Fsp3) is 0.150. The summed E-state index contributed by atoms with van der Waals surface area (Å²) >= 11 is 0. The summed E-state index contributed by atoms with van der Waals surface area (Å²) in [4.78, 5) is 20.6. The van der Waals surface area contributed by atoms with E-state index in [4.69, 9.17) is 0 Å². The third kappa shape index (κ3) is 4.42. The standard InChI is InChI=1S/C20H19FN4O/c1-13(2)23-20(26)14-6-8-17(9-7-14)24-18-10-11-22-19(25-18)15-4-3-5-16(21)12-15/h3-13H,1-2H3,(H,23,26)(H,22,24,25). The smallest absolute Gasteiger partial charge is 0.251 e. The van der Waals surface area contributed by atoms with E-state index in [0.29, 0.717) is 22.8 Å². The maximum Gasteiger partial charge on any atom is 0.251 e. The van der Waals surface area contributed by atoms with Gasteiger partial charge in [0.1, 0.15) is 11.6 Å². The average Bonchev–Trinajstić information content (AvgIpc) is 2.62. The molecule has 0 aliphatic rings. The summed E-state index contributed by atoms with van der Waals surface area (Å²) in [6, 6.07) is 15.1. The lowest BCUT2D eigenvalue weighted by Gasteiger charge is -2.10. The maximum atomic E-state index is 13.4. The van der Waals surface area contributed by atoms with Crippen LogP contribution in [-0.4, -0.2) is 21.9 Å². The number of halogens is 1. The highest BCUT2D eigenvalue weighted by molar-refractivity contribution is 5.94. The largest absolute Gasteiger partial charge is 0.350 e. The molecule has 0 fully saturated rings. The van der Waals surface area contributed by atoms with Crippen LogP contribution in [-0.2, 0) is 0 Å². The molecule has 132 valence electrons. The van der Waals surface area contributed by atoms with Gasteiger partial charge in [0.2, 0.25) is 0 Å². The fourth-order valence-corrected chi connectivity index (χ4v) is 2.39. The fourth-order valence-electron chi connectivity index (χ4n) is 2.39. The molecule has 0 aliphatic heterocycles. The minimum atomic E-state index is -0.334. The average molecular weight is 350 g/mol. The summed E-state index contributed by atoms with van der Waals surface area (Å²) < 4.78 is 13.4. The summed E-state index contributed by atoms with van der Waals surface area (Å²) in [5.41, 5.74) is 1.98. The van der Waals surface area contributed by atoms with Gasteiger partial charge in [-0.25, -0.2) is 14.4 Å². The summed E-state index contributed by atoms with van der Waals surface area (Å²) in [5, 5.41) is 6.01. The second kappa shape index (κ2) is 7.74. The molecule has 26 heavy (non-hydrogen) atoms. The molecule has 5 nitrogen and oxygen atoms in total. The highest BCUT2D eigenvalue weighted by Crippen LogP contribution is 2.20. The molecule has 0 atom stereocenters. The van der Waals surface area contributed by atoms with Crippen molar-refractivity contribution in [2.75, 3.05) is 5.32 Å². The van der Waals surface area contributed by atoms with Crippen molar-refractivity contribution in [3.8, 4) is 11.4 Å². The van der Waals surface area contributed by atoms with Crippen LogP contribution in [0.1, 0.15) is 24.2 Å². The lowest BCUT2D eigenvalue weighted by molar-refractivity contribution is 0.0943. The van der Waals surface area contributed by atoms with Gasteiger partial charge in [-0.2, -0.15) is 0 Å². The van der Waals surface area contributed by atoms with E-state index in [1.54, 1.807) is 48.7 Å². The monoisotopic (exact) mass is 350 g/mol. The molecular weight excluding hydrogens is 331 g/mol. The summed E-state index contributed by atoms with van der Waals surface area (Å²) in [5.74, 6) is 0.572. The van der Waals surface area contributed by atoms with Crippen LogP contribution in [0.2, 0.25) is 0 Å². The summed E-state index contributed by atoms with van der Waals surface area (Å²) in [6.07, 6.45) is 1.61. The van der Waals surface area contributed by atoms with Crippen molar-refractivity contribution in [1.29, 1.82) is 0 Å². The topological polar surface area (TPSA) is 66.9 Å². The van der Waals surface area contributed by atoms with Crippen LogP contribution < -0.4 is 10.6 Å². The SMILES string of the molecule is CC(C)NC(=O)c1ccc(Nc2ccnc(-c3cccc(F)c3)n2)cc1. The van der Waals surface area contributed by atoms with E-state index in [0.717, 1.165) is 5.69 Å². The number of amides is 1. The number of hydrogen-bond acceptors (Lipinski definition) is 4. The van der Waals surface area contributed by atoms with Crippen LogP contribution in [0, 0.1) is 5.82 Å². The molecule has 3 rings (SSSR count). The number of nitrogens with one attached hydrogen (secondary N) is 2. The highest BCUT2D eigenvalue weighted by atomic mass is 19.1. The number of anilines is 2. The molecule has 0 saturated carbocycles. The van der Waals surface area contributed by atoms with E-state index < -0.39 is 0 Å². The van der Waals surface area contributed by atoms with Crippen LogP contribution in [0.15, 0.2) is 60.8 Å². The molecule has 2 N–H and O–H groups in total. The molecule has 3 aromatic rings. The number of carbonyl (C=O) groups excluding carboxylic acids is 1. The zero-order valence-electron chi connectivity index (χ0n) is 14.5. The van der Waals surface area contributed by atoms with Crippen LogP contribution in [0.4, 0.5) is 15.9 Å². The second-order valence-corrected chi connectivity index (χ2v) is 6.11. The molecular formula is C20H19FN4O. The van der Waals surface area contributed by atoms with E-state index in [2.05, 4.69) is 20.6 Å². The maximum absolute atomic E-state index is 13.4. The van der Waals surface area contributed by atoms with Crippen LogP contribution in [0.3, 0.4) is 0 Å². The molecule has 2 aromatic carbocycles. The normalized spacial score (nSPS) is 10.6. The van der Waals surface area contributed by atoms with Crippen LogP contribution in [0.25, 0.3) is 11.4 Å². The Morgan fingerprint density at radius 2 is 1.85 bits per heavy atom. The van der Waals surface area contributed by atoms with Crippen molar-refractivity contribution in [2.24, 2.45) is 0 Å². The zero-order chi connectivity index (χ0) is 18.5. The first-order valence-electron chi connectivity index (χ1n) is 8.28. The summed E-state index contributed by atoms with van der Waals surface area (Å²) in [6.45, 7) is 3.83. The van der Waals surface area contributed by atoms with Crippen molar-refractivity contribution in [1.82, 2.24) is 15.3 Å². The second-order valence-electron chi connectivity index (χ2n) is 6.11. The third-order valence-electron chi connectivity index (χ3n) is 3.58. The number of carbonyl (C=O) groups is 1. The molecule has 0 saturated heterocycles. The predicted octanol–water partition coefficient (Wildman–Crippen LogP) is 4.16. The van der Waals surface area contributed by atoms with Crippen molar-refractivity contribution in [3.63, 3.8) is 0 Å². The Balaban J connectivity index is 1.75. The minimum Gasteiger partial charge on any atom is -0.350 e. The quantitative estimate of drug-likeness (QED) is 0.725. The van der Waals surface area contributed by atoms with E-state index in [9.17, 15) is 9.18 Å². The van der Waals surface area contributed by atoms with Gasteiger partial charge in [0, 0.05) is 29.1 Å². The molecule has 6 heteroatoms. The summed E-state index contributed by atoms with van der Waals surface area (Å²) in [7, 11) is 0. The number of aromatic nitrogens is 2. The third-order valence-corrected chi connectivity index (χ3v) is 3.58. The van der Waals surface area contributed by atoms with Crippen LogP contribution >= 0.6 is 0 Å². The van der Waals surface area contributed by atoms with E-state index >= 15 is 0 Å². The van der Waals surface area contributed by atoms with Gasteiger partial charge in [-0.15, -0.1) is 0 Å². The Bertz CT molecular complexity index is 910. The van der Waals surface area contributed by atoms with Gasteiger partial charge < -0.3 is 10.6 Å². The van der Waals surface area contributed by atoms with Crippen molar-refractivity contribution >= 4 is 17.4 Å². The first-order valence-corrected chi connectivity index (χ1v) is 8.28. The molecule has 0 aliphatic carbocycles. The molecule has 1 amide bonds. The van der Waals surface area contributed by atoms with Gasteiger partial charge in [0.25, 0.3) is 5.91 Å². The van der Waals surface area contributed by atoms with Gasteiger partial charge in [0.05, 0.1) is 0 Å². The van der Waals surface area contributed by atoms with Crippen molar-refractivity contribution in [2.45, 2.75) is 19.9 Å². The Kier molecular flexibility index (Phi) is 5.22. The van der Waals surface area contributed by atoms with Gasteiger partial charge in [0.15, 0.2) is 5.82 Å². The number of nitrogens with zero attached hydrogens (tertiary/aromatic N) is 2. The molecule has 1 aromatic heterocycles. The van der Waals surface area contributed by atoms with Gasteiger partial charge in [-0.1, -0.05) is 12.1 Å². The number of benzene rings is 2. The zero-order valence-corrected chi connectivity index (χ0v) is 14.5. The Hall–Kier alpha value is -3.28. The van der Waals surface area contributed by atoms with Crippen molar-refractivity contribution in [3.05, 3.63) is 72.2 Å². The van der Waals surface area contributed by atoms with E-state index in [1.165, 1.54) is 12.1 Å². The molecule has 0 radical (unpaired) electrons. The van der Waals surface area contributed by atoms with E-state index in [-0.39, 0.29) is 17.8 Å². The minimum absolute atomic E-state index is 0.0857. The van der Waals surface area contributed by atoms with E-state index in [1.807, 2.05) is 13.8 Å². The highest BCUT2D eigenvalue weighted by Gasteiger charge is 2.07. The first-order chi connectivity index (χ1) is 12.5. The lowest BCUT2D eigenvalue weighted by atomic mass is 10.2. The van der Waals surface area contributed by atoms with Gasteiger partial charge in [-0.3, -0.25) is 4.79 Å². The lowest BCUT2D eigenvalue weighted by Crippen LogP contribution is -2.29. The first kappa shape index (κ1) is 17.5. The Morgan fingerprint density at radius 1 is 1.08 bits per heavy atom. The van der Waals surface area contributed by atoms with Gasteiger partial charge >= 0.3 is 0 Å². The number of rotatable bonds is 5. The molecule has 1 heterocycles. The molecule has 0 spiro atoms. The van der Waals surface area contributed by atoms with Gasteiger partial charge in [-0.05, 0) is 56.3 Å².